The molecular weight excluding hydrogens is 435 g/mol. The van der Waals surface area contributed by atoms with Crippen molar-refractivity contribution in [3.05, 3.63) is 29.2 Å². The standard InChI is InChI=1S/C19H18F3N5O3S/c1-9(18(23)29)24-11-3-2-10-16(15(11)20)30-5-4-26-6-13(25-19(10)26)27-12(17(21)22)8-31-14(27)7-28/h2-3,6,9,12,17,24H,4-5,8H2,1H3,(H2,23,29)/t9-,12-/m0/s1. The highest BCUT2D eigenvalue weighted by Crippen LogP contribution is 2.42. The number of nitrogens with one attached hydrogen (secondary N) is 1. The van der Waals surface area contributed by atoms with Crippen molar-refractivity contribution in [3.8, 4) is 17.1 Å². The molecule has 0 spiro atoms. The van der Waals surface area contributed by atoms with Gasteiger partial charge in [0, 0.05) is 11.9 Å². The number of imidazole rings is 1. The average Bonchev–Trinajstić information content (AvgIpc) is 3.30. The van der Waals surface area contributed by atoms with Gasteiger partial charge in [0.2, 0.25) is 5.91 Å². The maximum absolute atomic E-state index is 15.1. The number of amides is 1. The summed E-state index contributed by atoms with van der Waals surface area (Å²) in [7, 11) is 0. The van der Waals surface area contributed by atoms with Crippen LogP contribution in [0.25, 0.3) is 11.4 Å². The van der Waals surface area contributed by atoms with Crippen LogP contribution in [0.15, 0.2) is 23.4 Å². The van der Waals surface area contributed by atoms with E-state index in [0.29, 0.717) is 11.4 Å². The lowest BCUT2D eigenvalue weighted by Gasteiger charge is -2.22. The maximum atomic E-state index is 15.1. The Labute approximate surface area is 179 Å². The van der Waals surface area contributed by atoms with Gasteiger partial charge in [-0.05, 0) is 19.1 Å². The second-order valence-electron chi connectivity index (χ2n) is 7.03. The van der Waals surface area contributed by atoms with Crippen LogP contribution in [0, 0.1) is 5.82 Å². The minimum Gasteiger partial charge on any atom is -0.488 e. The van der Waals surface area contributed by atoms with Gasteiger partial charge in [-0.15, -0.1) is 0 Å². The van der Waals surface area contributed by atoms with Crippen molar-refractivity contribution in [2.24, 2.45) is 5.73 Å². The molecule has 1 aromatic heterocycles. The van der Waals surface area contributed by atoms with Gasteiger partial charge >= 0.3 is 0 Å². The van der Waals surface area contributed by atoms with Crippen LogP contribution >= 0.6 is 11.8 Å². The predicted molar refractivity (Wildman–Crippen MR) is 109 cm³/mol. The van der Waals surface area contributed by atoms with E-state index in [-0.39, 0.29) is 41.2 Å². The number of hydrogen-bond acceptors (Lipinski definition) is 7. The number of aromatic nitrogens is 2. The third kappa shape index (κ3) is 3.72. The van der Waals surface area contributed by atoms with Gasteiger partial charge in [0.25, 0.3) is 6.43 Å². The summed E-state index contributed by atoms with van der Waals surface area (Å²) in [5.74, 6) is 0.746. The molecule has 0 radical (unpaired) electrons. The number of anilines is 2. The van der Waals surface area contributed by atoms with Crippen LogP contribution in [0.2, 0.25) is 0 Å². The zero-order chi connectivity index (χ0) is 22.3. The van der Waals surface area contributed by atoms with E-state index in [1.54, 1.807) is 16.6 Å². The van der Waals surface area contributed by atoms with E-state index < -0.39 is 30.2 Å². The Morgan fingerprint density at radius 3 is 2.90 bits per heavy atom. The fourth-order valence-corrected chi connectivity index (χ4v) is 4.49. The average molecular weight is 453 g/mol. The van der Waals surface area contributed by atoms with Crippen molar-refractivity contribution in [2.75, 3.05) is 22.6 Å². The maximum Gasteiger partial charge on any atom is 0.259 e. The number of benzene rings is 1. The Balaban J connectivity index is 1.76. The minimum absolute atomic E-state index is 0.0289. The molecule has 12 heteroatoms. The third-order valence-corrected chi connectivity index (χ3v) is 6.11. The Hall–Kier alpha value is -3.11. The van der Waals surface area contributed by atoms with E-state index in [9.17, 15) is 18.4 Å². The van der Waals surface area contributed by atoms with Crippen molar-refractivity contribution in [3.63, 3.8) is 0 Å². The molecule has 2 aliphatic rings. The number of fused-ring (bicyclic) bond motifs is 3. The summed E-state index contributed by atoms with van der Waals surface area (Å²) < 4.78 is 49.3. The van der Waals surface area contributed by atoms with Crippen LogP contribution in [-0.2, 0) is 16.1 Å². The number of hydrogen-bond donors (Lipinski definition) is 2. The van der Waals surface area contributed by atoms with E-state index in [2.05, 4.69) is 10.3 Å². The highest BCUT2D eigenvalue weighted by atomic mass is 32.2. The van der Waals surface area contributed by atoms with E-state index in [1.807, 2.05) is 0 Å². The lowest BCUT2D eigenvalue weighted by atomic mass is 10.1. The molecule has 2 aromatic rings. The Morgan fingerprint density at radius 1 is 1.45 bits per heavy atom. The lowest BCUT2D eigenvalue weighted by molar-refractivity contribution is -0.118. The zero-order valence-corrected chi connectivity index (χ0v) is 17.1. The fourth-order valence-electron chi connectivity index (χ4n) is 3.44. The molecule has 0 unspecified atom stereocenters. The molecule has 3 heterocycles. The molecule has 8 nitrogen and oxygen atoms in total. The van der Waals surface area contributed by atoms with E-state index in [1.165, 1.54) is 24.1 Å². The molecule has 4 rings (SSSR count). The molecule has 31 heavy (non-hydrogen) atoms. The van der Waals surface area contributed by atoms with E-state index >= 15 is 4.39 Å². The Morgan fingerprint density at radius 2 is 2.23 bits per heavy atom. The molecule has 2 aliphatic heterocycles. The highest BCUT2D eigenvalue weighted by Gasteiger charge is 2.39. The van der Waals surface area contributed by atoms with Gasteiger partial charge in [-0.25, -0.2) is 22.9 Å². The van der Waals surface area contributed by atoms with Crippen molar-refractivity contribution < 1.29 is 27.5 Å². The summed E-state index contributed by atoms with van der Waals surface area (Å²) in [6.45, 7) is 1.89. The smallest absolute Gasteiger partial charge is 0.259 e. The summed E-state index contributed by atoms with van der Waals surface area (Å²) in [4.78, 5) is 28.1. The third-order valence-electron chi connectivity index (χ3n) is 5.05. The first-order valence-corrected chi connectivity index (χ1v) is 10.3. The molecule has 1 saturated heterocycles. The zero-order valence-electron chi connectivity index (χ0n) is 16.3. The van der Waals surface area contributed by atoms with Gasteiger partial charge in [0.1, 0.15) is 24.5 Å². The van der Waals surface area contributed by atoms with E-state index in [4.69, 9.17) is 10.5 Å². The number of primary amides is 1. The Bertz CT molecular complexity index is 1090. The van der Waals surface area contributed by atoms with Gasteiger partial charge in [-0.3, -0.25) is 4.79 Å². The van der Waals surface area contributed by atoms with Crippen LogP contribution < -0.4 is 20.7 Å². The van der Waals surface area contributed by atoms with Crippen LogP contribution in [0.1, 0.15) is 6.92 Å². The number of nitrogens with two attached hydrogens (primary N) is 1. The van der Waals surface area contributed by atoms with Crippen molar-refractivity contribution >= 4 is 35.1 Å². The Kier molecular flexibility index (Phi) is 5.59. The first kappa shape index (κ1) is 21.1. The molecule has 1 aromatic carbocycles. The summed E-state index contributed by atoms with van der Waals surface area (Å²) in [5.41, 5.74) is 5.57. The predicted octanol–water partition coefficient (Wildman–Crippen LogP) is 2.23. The van der Waals surface area contributed by atoms with Crippen LogP contribution in [0.4, 0.5) is 24.7 Å². The fraction of sp³-hybridized carbons (Fsp3) is 0.368. The molecule has 0 aliphatic carbocycles. The van der Waals surface area contributed by atoms with Crippen LogP contribution in [0.3, 0.4) is 0 Å². The first-order chi connectivity index (χ1) is 14.8. The molecule has 1 fully saturated rings. The quantitative estimate of drug-likeness (QED) is 0.670. The summed E-state index contributed by atoms with van der Waals surface area (Å²) in [6.07, 6.45) is -1.15. The number of nitrogens with zero attached hydrogens (tertiary/aromatic N) is 3. The lowest BCUT2D eigenvalue weighted by Crippen LogP contribution is -2.36. The normalized spacial score (nSPS) is 18.7. The number of carbonyl (C=O) groups is 1. The monoisotopic (exact) mass is 453 g/mol. The topological polar surface area (TPSA) is 102 Å². The molecule has 0 saturated carbocycles. The van der Waals surface area contributed by atoms with E-state index in [0.717, 1.165) is 11.8 Å². The van der Waals surface area contributed by atoms with Gasteiger partial charge in [-0.1, -0.05) is 11.8 Å². The van der Waals surface area contributed by atoms with Gasteiger partial charge in [-0.2, -0.15) is 0 Å². The summed E-state index contributed by atoms with van der Waals surface area (Å²) >= 11 is 0.989. The van der Waals surface area contributed by atoms with Gasteiger partial charge in [0.05, 0.1) is 17.8 Å². The minimum atomic E-state index is -2.69. The molecule has 1 amide bonds. The summed E-state index contributed by atoms with van der Waals surface area (Å²) in [5, 5.41) is 2.72. The number of thioether (sulfide) groups is 1. The second-order valence-corrected chi connectivity index (χ2v) is 8.04. The SMILES string of the molecule is C[C@H](Nc1ccc2c(c1F)OCCn1cc(N3C(=C=O)SC[C@H]3C(F)F)nc1-2)C(N)=O. The number of ether oxygens (including phenoxy) is 1. The number of halogens is 3. The van der Waals surface area contributed by atoms with Crippen molar-refractivity contribution in [1.29, 1.82) is 0 Å². The molecular formula is C19H18F3N5O3S. The number of rotatable bonds is 5. The molecule has 3 N–H and O–H groups in total. The highest BCUT2D eigenvalue weighted by molar-refractivity contribution is 8.03. The molecule has 2 atom stereocenters. The first-order valence-electron chi connectivity index (χ1n) is 9.35. The molecule has 164 valence electrons. The van der Waals surface area contributed by atoms with Crippen LogP contribution in [-0.4, -0.2) is 52.3 Å². The second kappa shape index (κ2) is 8.20. The number of carbonyl (C=O) groups excluding carboxylic acids is 2. The van der Waals surface area contributed by atoms with Gasteiger partial charge < -0.3 is 25.3 Å². The van der Waals surface area contributed by atoms with Crippen molar-refractivity contribution in [2.45, 2.75) is 32.0 Å². The van der Waals surface area contributed by atoms with Gasteiger partial charge in [0.15, 0.2) is 28.4 Å². The van der Waals surface area contributed by atoms with Crippen molar-refractivity contribution in [1.82, 2.24) is 9.55 Å². The van der Waals surface area contributed by atoms with Crippen LogP contribution in [0.5, 0.6) is 5.75 Å². The number of alkyl halides is 2. The molecule has 0 bridgehead atoms. The summed E-state index contributed by atoms with van der Waals surface area (Å²) in [6, 6.07) is 0.961. The largest absolute Gasteiger partial charge is 0.488 e.